The maximum absolute atomic E-state index is 11.8. The molecule has 2 heteroatoms. The topological polar surface area (TPSA) is 32.9 Å². The van der Waals surface area contributed by atoms with E-state index in [1.165, 1.54) is 5.56 Å². The van der Waals surface area contributed by atoms with Gasteiger partial charge in [0.1, 0.15) is 0 Å². The Morgan fingerprint density at radius 3 is 3.07 bits per heavy atom. The number of hydrogen-bond acceptors (Lipinski definition) is 1. The van der Waals surface area contributed by atoms with E-state index in [2.05, 4.69) is 4.98 Å². The monoisotopic (exact) mass is 185 g/mol. The number of H-pyrrole nitrogens is 1. The van der Waals surface area contributed by atoms with Crippen LogP contribution in [0.3, 0.4) is 0 Å². The number of rotatable bonds is 0. The summed E-state index contributed by atoms with van der Waals surface area (Å²) in [4.78, 5) is 15.0. The molecule has 1 aromatic heterocycles. The largest absolute Gasteiger partial charge is 0.361 e. The van der Waals surface area contributed by atoms with Gasteiger partial charge in [-0.15, -0.1) is 0 Å². The fourth-order valence-corrected chi connectivity index (χ4v) is 2.26. The molecule has 1 aliphatic carbocycles. The molecule has 70 valence electrons. The van der Waals surface area contributed by atoms with Gasteiger partial charge in [-0.05, 0) is 24.5 Å². The smallest absolute Gasteiger partial charge is 0.163 e. The van der Waals surface area contributed by atoms with Gasteiger partial charge < -0.3 is 4.98 Å². The maximum Gasteiger partial charge on any atom is 0.163 e. The van der Waals surface area contributed by atoms with Gasteiger partial charge in [0, 0.05) is 29.1 Å². The third-order valence-corrected chi connectivity index (χ3v) is 2.94. The average Bonchev–Trinajstić information content (AvgIpc) is 2.53. The van der Waals surface area contributed by atoms with Crippen molar-refractivity contribution in [2.75, 3.05) is 0 Å². The van der Waals surface area contributed by atoms with Gasteiger partial charge in [0.2, 0.25) is 0 Å². The molecule has 0 aliphatic heterocycles. The van der Waals surface area contributed by atoms with Crippen LogP contribution in [-0.4, -0.2) is 10.8 Å². The summed E-state index contributed by atoms with van der Waals surface area (Å²) < 4.78 is 0. The van der Waals surface area contributed by atoms with Gasteiger partial charge in [-0.25, -0.2) is 0 Å². The molecule has 3 rings (SSSR count). The summed E-state index contributed by atoms with van der Waals surface area (Å²) in [5, 5.41) is 1.15. The molecule has 2 aromatic rings. The summed E-state index contributed by atoms with van der Waals surface area (Å²) in [6, 6.07) is 5.91. The number of hydrogen-bond donors (Lipinski definition) is 1. The molecular weight excluding hydrogens is 174 g/mol. The molecule has 0 unspecified atom stereocenters. The minimum atomic E-state index is 0.286. The van der Waals surface area contributed by atoms with E-state index in [4.69, 9.17) is 0 Å². The number of benzene rings is 1. The Bertz CT molecular complexity index is 510. The Labute approximate surface area is 81.9 Å². The summed E-state index contributed by atoms with van der Waals surface area (Å²) >= 11 is 0. The normalized spacial score (nSPS) is 15.9. The number of aryl methyl sites for hydroxylation is 1. The van der Waals surface area contributed by atoms with Crippen LogP contribution in [0.25, 0.3) is 10.9 Å². The predicted octanol–water partition coefficient (Wildman–Crippen LogP) is 2.69. The average molecular weight is 185 g/mol. The predicted molar refractivity (Wildman–Crippen MR) is 55.6 cm³/mol. The Hall–Kier alpha value is -1.57. The van der Waals surface area contributed by atoms with Crippen molar-refractivity contribution in [2.45, 2.75) is 19.3 Å². The molecule has 0 saturated heterocycles. The summed E-state index contributed by atoms with van der Waals surface area (Å²) in [7, 11) is 0. The molecule has 0 bridgehead atoms. The first-order valence-corrected chi connectivity index (χ1v) is 4.98. The highest BCUT2D eigenvalue weighted by Gasteiger charge is 2.17. The summed E-state index contributed by atoms with van der Waals surface area (Å²) in [6.07, 6.45) is 4.71. The van der Waals surface area contributed by atoms with Crippen molar-refractivity contribution in [3.8, 4) is 0 Å². The Morgan fingerprint density at radius 1 is 1.21 bits per heavy atom. The number of Topliss-reactive ketones (excluding diaryl/α,β-unsaturated/α-hetero) is 1. The van der Waals surface area contributed by atoms with Crippen molar-refractivity contribution in [3.63, 3.8) is 0 Å². The van der Waals surface area contributed by atoms with E-state index in [-0.39, 0.29) is 5.78 Å². The van der Waals surface area contributed by atoms with Gasteiger partial charge in [-0.3, -0.25) is 4.79 Å². The quantitative estimate of drug-likeness (QED) is 0.672. The van der Waals surface area contributed by atoms with Crippen LogP contribution in [0.4, 0.5) is 0 Å². The van der Waals surface area contributed by atoms with Gasteiger partial charge in [0.15, 0.2) is 5.78 Å². The third kappa shape index (κ3) is 0.939. The Kier molecular flexibility index (Phi) is 1.51. The van der Waals surface area contributed by atoms with Crippen LogP contribution in [0, 0.1) is 0 Å². The number of ketones is 1. The molecule has 1 aromatic carbocycles. The molecule has 0 amide bonds. The van der Waals surface area contributed by atoms with Gasteiger partial charge in [-0.2, -0.15) is 0 Å². The van der Waals surface area contributed by atoms with Gasteiger partial charge in [0.05, 0.1) is 0 Å². The molecule has 1 N–H and O–H groups in total. The molecule has 1 aliphatic rings. The Balaban J connectivity index is 2.44. The lowest BCUT2D eigenvalue weighted by Crippen LogP contribution is -1.96. The molecule has 2 nitrogen and oxygen atoms in total. The first kappa shape index (κ1) is 7.80. The fraction of sp³-hybridized carbons (Fsp3) is 0.250. The van der Waals surface area contributed by atoms with Crippen LogP contribution < -0.4 is 0 Å². The van der Waals surface area contributed by atoms with Crippen molar-refractivity contribution in [3.05, 3.63) is 35.5 Å². The molecule has 0 atom stereocenters. The molecule has 0 spiro atoms. The van der Waals surface area contributed by atoms with Crippen molar-refractivity contribution >= 4 is 16.7 Å². The number of aromatic nitrogens is 1. The minimum Gasteiger partial charge on any atom is -0.361 e. The van der Waals surface area contributed by atoms with E-state index in [1.54, 1.807) is 0 Å². The fourth-order valence-electron chi connectivity index (χ4n) is 2.26. The van der Waals surface area contributed by atoms with E-state index in [1.807, 2.05) is 24.4 Å². The lowest BCUT2D eigenvalue weighted by molar-refractivity contribution is 0.0983. The second-order valence-electron chi connectivity index (χ2n) is 3.82. The van der Waals surface area contributed by atoms with E-state index >= 15 is 0 Å². The van der Waals surface area contributed by atoms with Gasteiger partial charge >= 0.3 is 0 Å². The second kappa shape index (κ2) is 2.71. The minimum absolute atomic E-state index is 0.286. The molecular formula is C12H11NO. The van der Waals surface area contributed by atoms with Crippen molar-refractivity contribution in [1.82, 2.24) is 4.98 Å². The zero-order valence-corrected chi connectivity index (χ0v) is 7.84. The van der Waals surface area contributed by atoms with Crippen LogP contribution in [0.1, 0.15) is 28.8 Å². The van der Waals surface area contributed by atoms with Crippen molar-refractivity contribution in [1.29, 1.82) is 0 Å². The molecule has 0 radical (unpaired) electrons. The van der Waals surface area contributed by atoms with Crippen LogP contribution in [0.5, 0.6) is 0 Å². The second-order valence-corrected chi connectivity index (χ2v) is 3.82. The summed E-state index contributed by atoms with van der Waals surface area (Å²) in [6.45, 7) is 0. The zero-order valence-electron chi connectivity index (χ0n) is 7.84. The number of carbonyl (C=O) groups is 1. The number of aromatic amines is 1. The van der Waals surface area contributed by atoms with E-state index < -0.39 is 0 Å². The highest BCUT2D eigenvalue weighted by molar-refractivity contribution is 6.09. The van der Waals surface area contributed by atoms with E-state index in [0.717, 1.165) is 29.3 Å². The third-order valence-electron chi connectivity index (χ3n) is 2.94. The maximum atomic E-state index is 11.8. The lowest BCUT2D eigenvalue weighted by atomic mass is 10.0. The molecule has 0 fully saturated rings. The van der Waals surface area contributed by atoms with Crippen LogP contribution in [0.15, 0.2) is 24.4 Å². The van der Waals surface area contributed by atoms with Crippen molar-refractivity contribution < 1.29 is 4.79 Å². The standard InChI is InChI=1S/C12H11NO/c14-11-6-1-3-8-7-13-10-5-2-4-9(11)12(8)10/h2,4-5,7,13H,1,3,6H2. The number of carbonyl (C=O) groups excluding carboxylic acids is 1. The van der Waals surface area contributed by atoms with Gasteiger partial charge in [0.25, 0.3) is 0 Å². The first-order valence-electron chi connectivity index (χ1n) is 4.98. The SMILES string of the molecule is O=C1CCCc2c[nH]c3cccc1c23. The highest BCUT2D eigenvalue weighted by atomic mass is 16.1. The zero-order chi connectivity index (χ0) is 9.54. The van der Waals surface area contributed by atoms with Crippen LogP contribution >= 0.6 is 0 Å². The van der Waals surface area contributed by atoms with Crippen molar-refractivity contribution in [2.24, 2.45) is 0 Å². The Morgan fingerprint density at radius 2 is 2.14 bits per heavy atom. The van der Waals surface area contributed by atoms with E-state index in [0.29, 0.717) is 6.42 Å². The van der Waals surface area contributed by atoms with Gasteiger partial charge in [-0.1, -0.05) is 12.1 Å². The van der Waals surface area contributed by atoms with Crippen LogP contribution in [0.2, 0.25) is 0 Å². The molecule has 1 heterocycles. The summed E-state index contributed by atoms with van der Waals surface area (Å²) in [5.74, 6) is 0.286. The van der Waals surface area contributed by atoms with E-state index in [9.17, 15) is 4.79 Å². The first-order chi connectivity index (χ1) is 6.86. The number of nitrogens with one attached hydrogen (secondary N) is 1. The highest BCUT2D eigenvalue weighted by Crippen LogP contribution is 2.28. The molecule has 0 saturated carbocycles. The summed E-state index contributed by atoms with van der Waals surface area (Å²) in [5.41, 5.74) is 3.28. The molecule has 14 heavy (non-hydrogen) atoms. The lowest BCUT2D eigenvalue weighted by Gasteiger charge is -1.98. The van der Waals surface area contributed by atoms with Crippen LogP contribution in [-0.2, 0) is 6.42 Å².